The van der Waals surface area contributed by atoms with E-state index in [1.807, 2.05) is 0 Å². The van der Waals surface area contributed by atoms with Crippen molar-refractivity contribution >= 4 is 12.4 Å². The first-order valence-corrected chi connectivity index (χ1v) is 4.07. The summed E-state index contributed by atoms with van der Waals surface area (Å²) >= 11 is 0. The minimum atomic E-state index is -2.89. The minimum Gasteiger partial charge on any atom is -0.504 e. The van der Waals surface area contributed by atoms with Crippen LogP contribution >= 0.6 is 12.4 Å². The van der Waals surface area contributed by atoms with Crippen LogP contribution in [0.1, 0.15) is 11.6 Å². The lowest BCUT2D eigenvalue weighted by Gasteiger charge is -2.14. The molecule has 0 fully saturated rings. The highest BCUT2D eigenvalue weighted by atomic mass is 35.5. The molecule has 0 spiro atoms. The van der Waals surface area contributed by atoms with E-state index in [2.05, 4.69) is 4.74 Å². The fourth-order valence-electron chi connectivity index (χ4n) is 1.14. The number of phenolic OH excluding ortho intramolecular Hbond substituents is 1. The summed E-state index contributed by atoms with van der Waals surface area (Å²) < 4.78 is 42.1. The van der Waals surface area contributed by atoms with Crippen LogP contribution in [0, 0.1) is 5.82 Å². The second-order valence-corrected chi connectivity index (χ2v) is 2.91. The van der Waals surface area contributed by atoms with E-state index in [0.29, 0.717) is 0 Å². The number of hydrogen-bond donors (Lipinski definition) is 2. The Balaban J connectivity index is 0.00000225. The number of ether oxygens (including phenoxy) is 1. The molecular formula is C9H11ClF3NO2. The molecule has 0 radical (unpaired) electrons. The molecule has 1 rings (SSSR count). The standard InChI is InChI=1S/C9H10F3NO2.ClH/c1-15-6-3-4(10)2-5(8(6)14)7(13)9(11)12;/h2-3,7,9,14H,13H2,1H3;1H/t7-;/m0./s1. The first-order valence-electron chi connectivity index (χ1n) is 4.07. The van der Waals surface area contributed by atoms with Crippen molar-refractivity contribution in [1.29, 1.82) is 0 Å². The molecule has 92 valence electrons. The number of methoxy groups -OCH3 is 1. The van der Waals surface area contributed by atoms with Gasteiger partial charge in [-0.1, -0.05) is 0 Å². The molecule has 1 aromatic carbocycles. The van der Waals surface area contributed by atoms with Gasteiger partial charge in [0.25, 0.3) is 6.43 Å². The highest BCUT2D eigenvalue weighted by Crippen LogP contribution is 2.35. The van der Waals surface area contributed by atoms with E-state index >= 15 is 0 Å². The molecular weight excluding hydrogens is 247 g/mol. The summed E-state index contributed by atoms with van der Waals surface area (Å²) in [5.74, 6) is -1.58. The van der Waals surface area contributed by atoms with Gasteiger partial charge in [-0.2, -0.15) is 0 Å². The lowest BCUT2D eigenvalue weighted by Crippen LogP contribution is -2.19. The van der Waals surface area contributed by atoms with Crippen molar-refractivity contribution in [2.75, 3.05) is 7.11 Å². The van der Waals surface area contributed by atoms with Gasteiger partial charge < -0.3 is 15.6 Å². The summed E-state index contributed by atoms with van der Waals surface area (Å²) in [6.45, 7) is 0. The Labute approximate surface area is 96.4 Å². The molecule has 0 saturated heterocycles. The Morgan fingerprint density at radius 3 is 2.38 bits per heavy atom. The molecule has 0 amide bonds. The van der Waals surface area contributed by atoms with E-state index in [9.17, 15) is 18.3 Å². The summed E-state index contributed by atoms with van der Waals surface area (Å²) in [4.78, 5) is 0. The minimum absolute atomic E-state index is 0. The Hall–Kier alpha value is -1.14. The number of nitrogens with two attached hydrogens (primary N) is 1. The van der Waals surface area contributed by atoms with Crippen molar-refractivity contribution in [3.05, 3.63) is 23.5 Å². The van der Waals surface area contributed by atoms with Crippen LogP contribution in [0.25, 0.3) is 0 Å². The Kier molecular flexibility index (Phi) is 5.40. The lowest BCUT2D eigenvalue weighted by atomic mass is 10.1. The Morgan fingerprint density at radius 1 is 1.38 bits per heavy atom. The summed E-state index contributed by atoms with van der Waals surface area (Å²) in [6, 6.07) is -0.0966. The van der Waals surface area contributed by atoms with E-state index in [-0.39, 0.29) is 23.7 Å². The number of aromatic hydroxyl groups is 1. The Bertz CT molecular complexity index is 363. The number of halogens is 4. The molecule has 3 N–H and O–H groups in total. The van der Waals surface area contributed by atoms with E-state index in [4.69, 9.17) is 5.73 Å². The predicted octanol–water partition coefficient (Wildman–Crippen LogP) is 2.23. The largest absolute Gasteiger partial charge is 0.504 e. The van der Waals surface area contributed by atoms with Crippen LogP contribution < -0.4 is 10.5 Å². The van der Waals surface area contributed by atoms with Crippen LogP contribution in [0.4, 0.5) is 13.2 Å². The lowest BCUT2D eigenvalue weighted by molar-refractivity contribution is 0.115. The van der Waals surface area contributed by atoms with Gasteiger partial charge in [-0.25, -0.2) is 13.2 Å². The molecule has 7 heteroatoms. The van der Waals surface area contributed by atoms with E-state index in [1.54, 1.807) is 0 Å². The smallest absolute Gasteiger partial charge is 0.257 e. The molecule has 0 heterocycles. The average molecular weight is 258 g/mol. The van der Waals surface area contributed by atoms with Gasteiger partial charge in [-0.05, 0) is 6.07 Å². The van der Waals surface area contributed by atoms with Crippen LogP contribution in [-0.2, 0) is 0 Å². The van der Waals surface area contributed by atoms with Gasteiger partial charge in [0, 0.05) is 11.6 Å². The van der Waals surface area contributed by atoms with Crippen LogP contribution in [0.2, 0.25) is 0 Å². The van der Waals surface area contributed by atoms with Crippen molar-refractivity contribution in [2.24, 2.45) is 5.73 Å². The predicted molar refractivity (Wildman–Crippen MR) is 54.8 cm³/mol. The summed E-state index contributed by atoms with van der Waals surface area (Å²) in [5.41, 5.74) is 4.73. The zero-order chi connectivity index (χ0) is 11.6. The molecule has 1 atom stereocenters. The molecule has 0 aromatic heterocycles. The van der Waals surface area contributed by atoms with Crippen LogP contribution in [0.15, 0.2) is 12.1 Å². The van der Waals surface area contributed by atoms with Gasteiger partial charge in [0.1, 0.15) is 5.82 Å². The first-order chi connectivity index (χ1) is 6.97. The first kappa shape index (κ1) is 14.9. The monoisotopic (exact) mass is 257 g/mol. The maximum absolute atomic E-state index is 12.9. The van der Waals surface area contributed by atoms with Gasteiger partial charge in [-0.15, -0.1) is 12.4 Å². The summed E-state index contributed by atoms with van der Waals surface area (Å²) in [7, 11) is 1.19. The van der Waals surface area contributed by atoms with Crippen molar-refractivity contribution < 1.29 is 23.0 Å². The molecule has 0 aliphatic rings. The third-order valence-corrected chi connectivity index (χ3v) is 1.92. The topological polar surface area (TPSA) is 55.5 Å². The van der Waals surface area contributed by atoms with Crippen molar-refractivity contribution in [3.63, 3.8) is 0 Å². The molecule has 0 aliphatic heterocycles. The van der Waals surface area contributed by atoms with Crippen molar-refractivity contribution in [1.82, 2.24) is 0 Å². The maximum Gasteiger partial charge on any atom is 0.257 e. The molecule has 16 heavy (non-hydrogen) atoms. The van der Waals surface area contributed by atoms with Gasteiger partial charge >= 0.3 is 0 Å². The third-order valence-electron chi connectivity index (χ3n) is 1.92. The maximum atomic E-state index is 12.9. The van der Waals surface area contributed by atoms with Crippen LogP contribution in [0.5, 0.6) is 11.5 Å². The number of rotatable bonds is 3. The quantitative estimate of drug-likeness (QED) is 0.873. The van der Waals surface area contributed by atoms with Gasteiger partial charge in [0.2, 0.25) is 0 Å². The molecule has 0 unspecified atom stereocenters. The molecule has 3 nitrogen and oxygen atoms in total. The molecule has 0 saturated carbocycles. The van der Waals surface area contributed by atoms with E-state index in [0.717, 1.165) is 12.1 Å². The van der Waals surface area contributed by atoms with E-state index in [1.165, 1.54) is 7.11 Å². The normalized spacial score (nSPS) is 12.1. The fourth-order valence-corrected chi connectivity index (χ4v) is 1.14. The van der Waals surface area contributed by atoms with Crippen molar-refractivity contribution in [2.45, 2.75) is 12.5 Å². The third kappa shape index (κ3) is 2.93. The molecule has 0 aliphatic carbocycles. The second kappa shape index (κ2) is 5.81. The summed E-state index contributed by atoms with van der Waals surface area (Å²) in [6.07, 6.45) is -2.89. The van der Waals surface area contributed by atoms with E-state index < -0.39 is 24.0 Å². The average Bonchev–Trinajstić information content (AvgIpc) is 2.19. The molecule has 1 aromatic rings. The van der Waals surface area contributed by atoms with Crippen LogP contribution in [0.3, 0.4) is 0 Å². The highest BCUT2D eigenvalue weighted by Gasteiger charge is 2.23. The molecule has 0 bridgehead atoms. The second-order valence-electron chi connectivity index (χ2n) is 2.91. The summed E-state index contributed by atoms with van der Waals surface area (Å²) in [5, 5.41) is 9.43. The number of phenols is 1. The highest BCUT2D eigenvalue weighted by molar-refractivity contribution is 5.85. The van der Waals surface area contributed by atoms with Gasteiger partial charge in [-0.3, -0.25) is 0 Å². The zero-order valence-electron chi connectivity index (χ0n) is 8.28. The zero-order valence-corrected chi connectivity index (χ0v) is 9.10. The number of alkyl halides is 2. The van der Waals surface area contributed by atoms with Crippen molar-refractivity contribution in [3.8, 4) is 11.5 Å². The fraction of sp³-hybridized carbons (Fsp3) is 0.333. The Morgan fingerprint density at radius 2 is 1.94 bits per heavy atom. The number of benzene rings is 1. The van der Waals surface area contributed by atoms with Crippen LogP contribution in [-0.4, -0.2) is 18.6 Å². The number of hydrogen-bond acceptors (Lipinski definition) is 3. The SMILES string of the molecule is COc1cc(F)cc([C@H](N)C(F)F)c1O.Cl. The van der Waals surface area contributed by atoms with Gasteiger partial charge in [0.05, 0.1) is 13.2 Å². The van der Waals surface area contributed by atoms with Gasteiger partial charge in [0.15, 0.2) is 11.5 Å².